The van der Waals surface area contributed by atoms with Crippen LogP contribution >= 0.6 is 0 Å². The summed E-state index contributed by atoms with van der Waals surface area (Å²) < 4.78 is 21.7. The Balaban J connectivity index is 2.10. The van der Waals surface area contributed by atoms with E-state index >= 15 is 0 Å². The van der Waals surface area contributed by atoms with Gasteiger partial charge in [0.1, 0.15) is 0 Å². The van der Waals surface area contributed by atoms with Crippen molar-refractivity contribution in [3.05, 3.63) is 48.0 Å². The summed E-state index contributed by atoms with van der Waals surface area (Å²) in [4.78, 5) is 12.6. The van der Waals surface area contributed by atoms with Gasteiger partial charge in [0.05, 0.1) is 27.4 Å². The van der Waals surface area contributed by atoms with Crippen LogP contribution in [-0.4, -0.2) is 33.3 Å². The van der Waals surface area contributed by atoms with Crippen LogP contribution in [0.1, 0.15) is 31.9 Å². The highest BCUT2D eigenvalue weighted by Gasteiger charge is 2.21. The van der Waals surface area contributed by atoms with Crippen LogP contribution in [0, 0.1) is 0 Å². The molecule has 2 rings (SSSR count). The molecule has 0 saturated heterocycles. The monoisotopic (exact) mass is 373 g/mol. The first kappa shape index (κ1) is 20.4. The molecular weight excluding hydrogens is 346 g/mol. The van der Waals surface area contributed by atoms with E-state index in [4.69, 9.17) is 18.9 Å². The van der Waals surface area contributed by atoms with Crippen molar-refractivity contribution in [2.24, 2.45) is 0 Å². The zero-order chi connectivity index (χ0) is 19.8. The van der Waals surface area contributed by atoms with Crippen LogP contribution in [0.15, 0.2) is 42.5 Å². The standard InChI is InChI=1S/C21H27NO5/c1-6-16(15-11-12-18(25-4)20(13-15)26-5)22-21(23)14(2)27-19-10-8-7-9-17(19)24-3/h7-14,16H,6H2,1-5H3,(H,22,23)/t14-,16+/m0/s1. The van der Waals surface area contributed by atoms with E-state index < -0.39 is 6.10 Å². The number of hydrogen-bond donors (Lipinski definition) is 1. The van der Waals surface area contributed by atoms with E-state index in [9.17, 15) is 4.79 Å². The Kier molecular flexibility index (Phi) is 7.34. The van der Waals surface area contributed by atoms with Gasteiger partial charge in [-0.3, -0.25) is 4.79 Å². The number of ether oxygens (including phenoxy) is 4. The summed E-state index contributed by atoms with van der Waals surface area (Å²) in [5, 5.41) is 3.03. The maximum Gasteiger partial charge on any atom is 0.261 e. The second kappa shape index (κ2) is 9.71. The summed E-state index contributed by atoms with van der Waals surface area (Å²) >= 11 is 0. The lowest BCUT2D eigenvalue weighted by atomic mass is 10.0. The van der Waals surface area contributed by atoms with Crippen LogP contribution in [0.3, 0.4) is 0 Å². The highest BCUT2D eigenvalue weighted by atomic mass is 16.5. The minimum Gasteiger partial charge on any atom is -0.493 e. The maximum atomic E-state index is 12.6. The SMILES string of the molecule is CC[C@@H](NC(=O)[C@H](C)Oc1ccccc1OC)c1ccc(OC)c(OC)c1. The minimum absolute atomic E-state index is 0.166. The third-order valence-electron chi connectivity index (χ3n) is 4.28. The van der Waals surface area contributed by atoms with Crippen molar-refractivity contribution in [1.29, 1.82) is 0 Å². The average Bonchev–Trinajstić information content (AvgIpc) is 2.71. The number of para-hydroxylation sites is 2. The van der Waals surface area contributed by atoms with Crippen LogP contribution in [-0.2, 0) is 4.79 Å². The van der Waals surface area contributed by atoms with Crippen molar-refractivity contribution >= 4 is 5.91 Å². The third kappa shape index (κ3) is 5.06. The van der Waals surface area contributed by atoms with Crippen molar-refractivity contribution in [2.75, 3.05) is 21.3 Å². The van der Waals surface area contributed by atoms with Gasteiger partial charge in [0.15, 0.2) is 29.1 Å². The molecule has 0 heterocycles. The lowest BCUT2D eigenvalue weighted by Gasteiger charge is -2.22. The fraction of sp³-hybridized carbons (Fsp3) is 0.381. The molecule has 0 unspecified atom stereocenters. The van der Waals surface area contributed by atoms with E-state index in [0.717, 1.165) is 12.0 Å². The normalized spacial score (nSPS) is 12.6. The molecule has 6 nitrogen and oxygen atoms in total. The highest BCUT2D eigenvalue weighted by Crippen LogP contribution is 2.31. The van der Waals surface area contributed by atoms with Gasteiger partial charge in [-0.05, 0) is 43.2 Å². The number of amides is 1. The van der Waals surface area contributed by atoms with Crippen LogP contribution < -0.4 is 24.3 Å². The quantitative estimate of drug-likeness (QED) is 0.725. The highest BCUT2D eigenvalue weighted by molar-refractivity contribution is 5.81. The predicted octanol–water partition coefficient (Wildman–Crippen LogP) is 3.75. The smallest absolute Gasteiger partial charge is 0.261 e. The second-order valence-corrected chi connectivity index (χ2v) is 5.99. The van der Waals surface area contributed by atoms with E-state index in [2.05, 4.69) is 5.32 Å². The van der Waals surface area contributed by atoms with Crippen LogP contribution in [0.25, 0.3) is 0 Å². The molecule has 0 radical (unpaired) electrons. The molecule has 6 heteroatoms. The fourth-order valence-corrected chi connectivity index (χ4v) is 2.74. The number of benzene rings is 2. The Labute approximate surface area is 160 Å². The average molecular weight is 373 g/mol. The number of hydrogen-bond acceptors (Lipinski definition) is 5. The van der Waals surface area contributed by atoms with Gasteiger partial charge in [-0.1, -0.05) is 25.1 Å². The molecule has 1 N–H and O–H groups in total. The van der Waals surface area contributed by atoms with Gasteiger partial charge >= 0.3 is 0 Å². The molecule has 0 saturated carbocycles. The summed E-state index contributed by atoms with van der Waals surface area (Å²) in [6.07, 6.45) is 0.0540. The van der Waals surface area contributed by atoms with Gasteiger partial charge < -0.3 is 24.3 Å². The zero-order valence-corrected chi connectivity index (χ0v) is 16.4. The molecule has 2 aromatic rings. The van der Waals surface area contributed by atoms with Crippen molar-refractivity contribution in [2.45, 2.75) is 32.4 Å². The largest absolute Gasteiger partial charge is 0.493 e. The summed E-state index contributed by atoms with van der Waals surface area (Å²) in [7, 11) is 4.74. The Morgan fingerprint density at radius 1 is 0.926 bits per heavy atom. The van der Waals surface area contributed by atoms with Crippen molar-refractivity contribution < 1.29 is 23.7 Å². The van der Waals surface area contributed by atoms with Gasteiger partial charge in [0.25, 0.3) is 5.91 Å². The molecule has 0 aliphatic carbocycles. The molecule has 0 fully saturated rings. The molecule has 0 aliphatic heterocycles. The van der Waals surface area contributed by atoms with Crippen LogP contribution in [0.2, 0.25) is 0 Å². The molecule has 0 bridgehead atoms. The molecule has 0 aliphatic rings. The summed E-state index contributed by atoms with van der Waals surface area (Å²) in [6.45, 7) is 3.72. The van der Waals surface area contributed by atoms with Crippen molar-refractivity contribution in [1.82, 2.24) is 5.32 Å². The summed E-state index contributed by atoms with van der Waals surface area (Å²) in [6, 6.07) is 12.7. The maximum absolute atomic E-state index is 12.6. The summed E-state index contributed by atoms with van der Waals surface area (Å²) in [5.74, 6) is 2.18. The Hall–Kier alpha value is -2.89. The molecular formula is C21H27NO5. The summed E-state index contributed by atoms with van der Waals surface area (Å²) in [5.41, 5.74) is 0.938. The van der Waals surface area contributed by atoms with E-state index in [0.29, 0.717) is 23.0 Å². The van der Waals surface area contributed by atoms with E-state index in [1.165, 1.54) is 0 Å². The van der Waals surface area contributed by atoms with Gasteiger partial charge in [-0.15, -0.1) is 0 Å². The number of rotatable bonds is 9. The van der Waals surface area contributed by atoms with E-state index in [1.807, 2.05) is 37.3 Å². The third-order valence-corrected chi connectivity index (χ3v) is 4.28. The van der Waals surface area contributed by atoms with Crippen LogP contribution in [0.4, 0.5) is 0 Å². The fourth-order valence-electron chi connectivity index (χ4n) is 2.74. The molecule has 1 amide bonds. The Bertz CT molecular complexity index is 762. The van der Waals surface area contributed by atoms with E-state index in [-0.39, 0.29) is 11.9 Å². The van der Waals surface area contributed by atoms with Gasteiger partial charge in [-0.25, -0.2) is 0 Å². The van der Waals surface area contributed by atoms with Gasteiger partial charge in [-0.2, -0.15) is 0 Å². The second-order valence-electron chi connectivity index (χ2n) is 5.99. The first-order chi connectivity index (χ1) is 13.0. The number of nitrogens with one attached hydrogen (secondary N) is 1. The molecule has 2 aromatic carbocycles. The van der Waals surface area contributed by atoms with E-state index in [1.54, 1.807) is 40.4 Å². The Morgan fingerprint density at radius 2 is 1.52 bits per heavy atom. The lowest BCUT2D eigenvalue weighted by molar-refractivity contribution is -0.128. The first-order valence-corrected chi connectivity index (χ1v) is 8.86. The molecule has 0 aromatic heterocycles. The molecule has 2 atom stereocenters. The van der Waals surface area contributed by atoms with Crippen LogP contribution in [0.5, 0.6) is 23.0 Å². The van der Waals surface area contributed by atoms with Gasteiger partial charge in [0, 0.05) is 0 Å². The number of carbonyl (C=O) groups excluding carboxylic acids is 1. The van der Waals surface area contributed by atoms with Crippen molar-refractivity contribution in [3.63, 3.8) is 0 Å². The lowest BCUT2D eigenvalue weighted by Crippen LogP contribution is -2.38. The minimum atomic E-state index is -0.671. The number of methoxy groups -OCH3 is 3. The first-order valence-electron chi connectivity index (χ1n) is 8.86. The number of carbonyl (C=O) groups is 1. The Morgan fingerprint density at radius 3 is 2.11 bits per heavy atom. The molecule has 0 spiro atoms. The predicted molar refractivity (Wildman–Crippen MR) is 104 cm³/mol. The molecule has 27 heavy (non-hydrogen) atoms. The van der Waals surface area contributed by atoms with Crippen molar-refractivity contribution in [3.8, 4) is 23.0 Å². The van der Waals surface area contributed by atoms with Gasteiger partial charge in [0.2, 0.25) is 0 Å². The zero-order valence-electron chi connectivity index (χ0n) is 16.4. The molecule has 146 valence electrons. The topological polar surface area (TPSA) is 66.0 Å².